The Morgan fingerprint density at radius 3 is 2.40 bits per heavy atom. The first kappa shape index (κ1) is 12.5. The summed E-state index contributed by atoms with van der Waals surface area (Å²) in [6.07, 6.45) is 4.86. The van der Waals surface area contributed by atoms with Gasteiger partial charge in [0.25, 0.3) is 0 Å². The SMILES string of the molecule is CCC(CC)CC(=O)NCC1(CO)CC1. The molecule has 1 saturated carbocycles. The zero-order chi connectivity index (χ0) is 11.3. The van der Waals surface area contributed by atoms with Gasteiger partial charge >= 0.3 is 0 Å². The van der Waals surface area contributed by atoms with E-state index in [1.807, 2.05) is 0 Å². The van der Waals surface area contributed by atoms with E-state index in [-0.39, 0.29) is 17.9 Å². The maximum atomic E-state index is 11.6. The second kappa shape index (κ2) is 5.50. The lowest BCUT2D eigenvalue weighted by atomic mass is 9.99. The fourth-order valence-electron chi connectivity index (χ4n) is 1.77. The Kier molecular flexibility index (Phi) is 4.58. The first-order valence-corrected chi connectivity index (χ1v) is 6.03. The average molecular weight is 213 g/mol. The summed E-state index contributed by atoms with van der Waals surface area (Å²) in [5, 5.41) is 12.0. The van der Waals surface area contributed by atoms with Crippen LogP contribution < -0.4 is 5.32 Å². The van der Waals surface area contributed by atoms with Crippen molar-refractivity contribution in [1.82, 2.24) is 5.32 Å². The van der Waals surface area contributed by atoms with E-state index in [2.05, 4.69) is 19.2 Å². The number of aliphatic hydroxyl groups excluding tert-OH is 1. The standard InChI is InChI=1S/C12H23NO2/c1-3-10(4-2)7-11(15)13-8-12(9-14)5-6-12/h10,14H,3-9H2,1-2H3,(H,13,15). The number of hydrogen-bond acceptors (Lipinski definition) is 2. The fraction of sp³-hybridized carbons (Fsp3) is 0.917. The highest BCUT2D eigenvalue weighted by molar-refractivity contribution is 5.76. The first-order valence-electron chi connectivity index (χ1n) is 6.03. The summed E-state index contributed by atoms with van der Waals surface area (Å²) in [4.78, 5) is 11.6. The van der Waals surface area contributed by atoms with Crippen LogP contribution in [-0.4, -0.2) is 24.2 Å². The number of nitrogens with one attached hydrogen (secondary N) is 1. The summed E-state index contributed by atoms with van der Waals surface area (Å²) in [7, 11) is 0. The average Bonchev–Trinajstić information content (AvgIpc) is 3.04. The molecule has 2 N–H and O–H groups in total. The zero-order valence-corrected chi connectivity index (χ0v) is 9.88. The van der Waals surface area contributed by atoms with Crippen LogP contribution in [0, 0.1) is 11.3 Å². The molecule has 1 amide bonds. The number of amides is 1. The lowest BCUT2D eigenvalue weighted by Gasteiger charge is -2.15. The summed E-state index contributed by atoms with van der Waals surface area (Å²) in [6, 6.07) is 0. The quantitative estimate of drug-likeness (QED) is 0.676. The van der Waals surface area contributed by atoms with Crippen LogP contribution in [0.2, 0.25) is 0 Å². The Morgan fingerprint density at radius 1 is 1.40 bits per heavy atom. The zero-order valence-electron chi connectivity index (χ0n) is 9.88. The first-order chi connectivity index (χ1) is 7.15. The topological polar surface area (TPSA) is 49.3 Å². The van der Waals surface area contributed by atoms with Crippen molar-refractivity contribution in [2.45, 2.75) is 46.0 Å². The van der Waals surface area contributed by atoms with E-state index in [1.54, 1.807) is 0 Å². The van der Waals surface area contributed by atoms with Crippen LogP contribution in [0.15, 0.2) is 0 Å². The van der Waals surface area contributed by atoms with E-state index in [1.165, 1.54) is 0 Å². The van der Waals surface area contributed by atoms with Crippen molar-refractivity contribution in [3.8, 4) is 0 Å². The predicted molar refractivity (Wildman–Crippen MR) is 60.5 cm³/mol. The number of rotatable bonds is 7. The molecule has 0 heterocycles. The Morgan fingerprint density at radius 2 is 2.00 bits per heavy atom. The van der Waals surface area contributed by atoms with Crippen molar-refractivity contribution in [3.05, 3.63) is 0 Å². The van der Waals surface area contributed by atoms with Crippen molar-refractivity contribution >= 4 is 5.91 Å². The molecule has 1 rings (SSSR count). The fourth-order valence-corrected chi connectivity index (χ4v) is 1.77. The van der Waals surface area contributed by atoms with Gasteiger partial charge in [0, 0.05) is 18.4 Å². The van der Waals surface area contributed by atoms with Gasteiger partial charge in [-0.15, -0.1) is 0 Å². The van der Waals surface area contributed by atoms with E-state index in [9.17, 15) is 4.79 Å². The molecular weight excluding hydrogens is 190 g/mol. The van der Waals surface area contributed by atoms with E-state index in [0.717, 1.165) is 25.7 Å². The minimum absolute atomic E-state index is 0.0313. The molecule has 0 aliphatic heterocycles. The largest absolute Gasteiger partial charge is 0.396 e. The monoisotopic (exact) mass is 213 g/mol. The maximum absolute atomic E-state index is 11.6. The van der Waals surface area contributed by atoms with E-state index in [4.69, 9.17) is 5.11 Å². The van der Waals surface area contributed by atoms with Gasteiger partial charge in [-0.3, -0.25) is 4.79 Å². The van der Waals surface area contributed by atoms with E-state index < -0.39 is 0 Å². The Balaban J connectivity index is 2.18. The van der Waals surface area contributed by atoms with Crippen LogP contribution in [0.1, 0.15) is 46.0 Å². The smallest absolute Gasteiger partial charge is 0.220 e. The minimum Gasteiger partial charge on any atom is -0.396 e. The lowest BCUT2D eigenvalue weighted by Crippen LogP contribution is -2.32. The Labute approximate surface area is 92.3 Å². The molecule has 3 heteroatoms. The van der Waals surface area contributed by atoms with Crippen LogP contribution >= 0.6 is 0 Å². The molecule has 0 bridgehead atoms. The van der Waals surface area contributed by atoms with Gasteiger partial charge in [0.2, 0.25) is 5.91 Å². The molecule has 15 heavy (non-hydrogen) atoms. The minimum atomic E-state index is 0.0313. The molecule has 1 aliphatic rings. The van der Waals surface area contributed by atoms with Gasteiger partial charge < -0.3 is 10.4 Å². The van der Waals surface area contributed by atoms with Gasteiger partial charge in [-0.2, -0.15) is 0 Å². The van der Waals surface area contributed by atoms with Crippen LogP contribution in [0.3, 0.4) is 0 Å². The molecule has 88 valence electrons. The summed E-state index contributed by atoms with van der Waals surface area (Å²) >= 11 is 0. The second-order valence-corrected chi connectivity index (χ2v) is 4.82. The molecule has 1 fully saturated rings. The van der Waals surface area contributed by atoms with Crippen molar-refractivity contribution in [3.63, 3.8) is 0 Å². The third-order valence-electron chi connectivity index (χ3n) is 3.58. The van der Waals surface area contributed by atoms with Gasteiger partial charge in [0.05, 0.1) is 6.61 Å². The number of carbonyl (C=O) groups is 1. The van der Waals surface area contributed by atoms with Crippen LogP contribution in [-0.2, 0) is 4.79 Å². The van der Waals surface area contributed by atoms with Crippen molar-refractivity contribution in [2.75, 3.05) is 13.2 Å². The van der Waals surface area contributed by atoms with Crippen molar-refractivity contribution in [2.24, 2.45) is 11.3 Å². The van der Waals surface area contributed by atoms with Gasteiger partial charge in [-0.05, 0) is 18.8 Å². The van der Waals surface area contributed by atoms with E-state index in [0.29, 0.717) is 18.9 Å². The molecular formula is C12H23NO2. The molecule has 3 nitrogen and oxygen atoms in total. The third kappa shape index (κ3) is 3.82. The van der Waals surface area contributed by atoms with Crippen LogP contribution in [0.4, 0.5) is 0 Å². The molecule has 1 aliphatic carbocycles. The summed E-state index contributed by atoms with van der Waals surface area (Å²) in [5.41, 5.74) is 0.0313. The lowest BCUT2D eigenvalue weighted by molar-refractivity contribution is -0.122. The molecule has 0 unspecified atom stereocenters. The molecule has 0 aromatic heterocycles. The van der Waals surface area contributed by atoms with Gasteiger partial charge in [0.1, 0.15) is 0 Å². The predicted octanol–water partition coefficient (Wildman–Crippen LogP) is 1.70. The molecule has 0 radical (unpaired) electrons. The van der Waals surface area contributed by atoms with Crippen LogP contribution in [0.25, 0.3) is 0 Å². The highest BCUT2D eigenvalue weighted by Crippen LogP contribution is 2.44. The molecule has 0 saturated heterocycles. The van der Waals surface area contributed by atoms with Gasteiger partial charge in [-0.25, -0.2) is 0 Å². The second-order valence-electron chi connectivity index (χ2n) is 4.82. The normalized spacial score (nSPS) is 17.9. The highest BCUT2D eigenvalue weighted by Gasteiger charge is 2.42. The van der Waals surface area contributed by atoms with Crippen molar-refractivity contribution in [1.29, 1.82) is 0 Å². The summed E-state index contributed by atoms with van der Waals surface area (Å²) < 4.78 is 0. The highest BCUT2D eigenvalue weighted by atomic mass is 16.3. The maximum Gasteiger partial charge on any atom is 0.220 e. The van der Waals surface area contributed by atoms with Gasteiger partial charge in [0.15, 0.2) is 0 Å². The number of carbonyl (C=O) groups excluding carboxylic acids is 1. The Hall–Kier alpha value is -0.570. The van der Waals surface area contributed by atoms with Gasteiger partial charge in [-0.1, -0.05) is 26.7 Å². The Bertz CT molecular complexity index is 208. The number of hydrogen-bond donors (Lipinski definition) is 2. The third-order valence-corrected chi connectivity index (χ3v) is 3.58. The molecule has 0 aromatic rings. The van der Waals surface area contributed by atoms with E-state index >= 15 is 0 Å². The summed E-state index contributed by atoms with van der Waals surface area (Å²) in [5.74, 6) is 0.651. The van der Waals surface area contributed by atoms with Crippen LogP contribution in [0.5, 0.6) is 0 Å². The summed E-state index contributed by atoms with van der Waals surface area (Å²) in [6.45, 7) is 5.11. The molecule has 0 atom stereocenters. The molecule has 0 spiro atoms. The van der Waals surface area contributed by atoms with Crippen molar-refractivity contribution < 1.29 is 9.90 Å². The number of aliphatic hydroxyl groups is 1. The molecule has 0 aromatic carbocycles.